The van der Waals surface area contributed by atoms with Gasteiger partial charge in [-0.1, -0.05) is 57.2 Å². The highest BCUT2D eigenvalue weighted by Crippen LogP contribution is 2.15. The van der Waals surface area contributed by atoms with E-state index < -0.39 is 0 Å². The molecule has 0 amide bonds. The van der Waals surface area contributed by atoms with Crippen molar-refractivity contribution in [3.05, 3.63) is 53.7 Å². The summed E-state index contributed by atoms with van der Waals surface area (Å²) in [6.07, 6.45) is 6.05. The number of rotatable bonds is 2. The van der Waals surface area contributed by atoms with Crippen LogP contribution < -0.4 is 5.73 Å². The molecule has 0 saturated carbocycles. The Bertz CT molecular complexity index is 353. The van der Waals surface area contributed by atoms with Crippen LogP contribution in [0.1, 0.15) is 26.3 Å². The lowest BCUT2D eigenvalue weighted by atomic mass is 9.96. The molecular formula is C14H19N. The lowest BCUT2D eigenvalue weighted by Crippen LogP contribution is -2.01. The Labute approximate surface area is 92.3 Å². The van der Waals surface area contributed by atoms with Crippen molar-refractivity contribution in [3.63, 3.8) is 0 Å². The minimum atomic E-state index is 0.176. The molecule has 1 rings (SSSR count). The highest BCUT2D eigenvalue weighted by molar-refractivity contribution is 5.54. The highest BCUT2D eigenvalue weighted by Gasteiger charge is 2.02. The van der Waals surface area contributed by atoms with Crippen molar-refractivity contribution in [2.75, 3.05) is 0 Å². The Balaban J connectivity index is 2.74. The van der Waals surface area contributed by atoms with Crippen LogP contribution in [0.25, 0.3) is 6.08 Å². The van der Waals surface area contributed by atoms with Crippen LogP contribution in [-0.2, 0) is 0 Å². The molecule has 2 N–H and O–H groups in total. The molecule has 0 radical (unpaired) electrons. The van der Waals surface area contributed by atoms with E-state index in [0.29, 0.717) is 0 Å². The van der Waals surface area contributed by atoms with Gasteiger partial charge in [0, 0.05) is 5.70 Å². The van der Waals surface area contributed by atoms with Gasteiger partial charge in [-0.25, -0.2) is 0 Å². The molecule has 0 aliphatic heterocycles. The predicted molar refractivity (Wildman–Crippen MR) is 67.2 cm³/mol. The summed E-state index contributed by atoms with van der Waals surface area (Å²) in [5.74, 6) is 0. The third-order valence-electron chi connectivity index (χ3n) is 1.91. The van der Waals surface area contributed by atoms with Crippen LogP contribution in [0.15, 0.2) is 48.2 Å². The van der Waals surface area contributed by atoms with Gasteiger partial charge in [0.15, 0.2) is 0 Å². The maximum Gasteiger partial charge on any atom is 0.0316 e. The third-order valence-corrected chi connectivity index (χ3v) is 1.91. The summed E-state index contributed by atoms with van der Waals surface area (Å²) >= 11 is 0. The first-order valence-electron chi connectivity index (χ1n) is 5.19. The van der Waals surface area contributed by atoms with Gasteiger partial charge in [0.2, 0.25) is 0 Å². The number of nitrogens with two attached hydrogens (primary N) is 1. The van der Waals surface area contributed by atoms with E-state index in [0.717, 1.165) is 11.3 Å². The Morgan fingerprint density at radius 2 is 1.73 bits per heavy atom. The molecular weight excluding hydrogens is 182 g/mol. The zero-order chi connectivity index (χ0) is 11.3. The lowest BCUT2D eigenvalue weighted by molar-refractivity contribution is 0.544. The van der Waals surface area contributed by atoms with E-state index in [9.17, 15) is 0 Å². The van der Waals surface area contributed by atoms with E-state index in [4.69, 9.17) is 5.73 Å². The van der Waals surface area contributed by atoms with Crippen LogP contribution >= 0.6 is 0 Å². The monoisotopic (exact) mass is 201 g/mol. The fourth-order valence-electron chi connectivity index (χ4n) is 1.14. The zero-order valence-corrected chi connectivity index (χ0v) is 9.70. The zero-order valence-electron chi connectivity index (χ0n) is 9.70. The number of hydrogen-bond donors (Lipinski definition) is 1. The first kappa shape index (κ1) is 11.6. The largest absolute Gasteiger partial charge is 0.399 e. The molecule has 0 heterocycles. The van der Waals surface area contributed by atoms with Gasteiger partial charge < -0.3 is 5.73 Å². The van der Waals surface area contributed by atoms with Gasteiger partial charge in [-0.15, -0.1) is 0 Å². The maximum absolute atomic E-state index is 5.89. The standard InChI is InChI=1S/C14H19N/c1-14(2,3)10-9-13(15)11-12-7-5-4-6-8-12/h4-11H,15H2,1-3H3/b10-9+,13-11+. The van der Waals surface area contributed by atoms with Crippen LogP contribution in [-0.4, -0.2) is 0 Å². The van der Waals surface area contributed by atoms with Gasteiger partial charge in [0.05, 0.1) is 0 Å². The van der Waals surface area contributed by atoms with Crippen LogP contribution in [0, 0.1) is 5.41 Å². The topological polar surface area (TPSA) is 26.0 Å². The Morgan fingerprint density at radius 1 is 1.13 bits per heavy atom. The van der Waals surface area contributed by atoms with Crippen LogP contribution in [0.5, 0.6) is 0 Å². The number of allylic oxidation sites excluding steroid dienone is 2. The summed E-state index contributed by atoms with van der Waals surface area (Å²) in [6.45, 7) is 6.46. The van der Waals surface area contributed by atoms with E-state index in [1.807, 2.05) is 42.5 Å². The lowest BCUT2D eigenvalue weighted by Gasteiger charge is -2.10. The van der Waals surface area contributed by atoms with Gasteiger partial charge in [0.1, 0.15) is 0 Å². The molecule has 1 nitrogen and oxygen atoms in total. The summed E-state index contributed by atoms with van der Waals surface area (Å²) in [4.78, 5) is 0. The minimum Gasteiger partial charge on any atom is -0.399 e. The minimum absolute atomic E-state index is 0.176. The molecule has 0 atom stereocenters. The van der Waals surface area contributed by atoms with E-state index in [-0.39, 0.29) is 5.41 Å². The summed E-state index contributed by atoms with van der Waals surface area (Å²) < 4.78 is 0. The molecule has 0 unspecified atom stereocenters. The van der Waals surface area contributed by atoms with Gasteiger partial charge in [-0.2, -0.15) is 0 Å². The Hall–Kier alpha value is -1.50. The summed E-state index contributed by atoms with van der Waals surface area (Å²) in [6, 6.07) is 10.1. The average Bonchev–Trinajstić information content (AvgIpc) is 2.15. The fraction of sp³-hybridized carbons (Fsp3) is 0.286. The summed E-state index contributed by atoms with van der Waals surface area (Å²) in [5, 5.41) is 0. The molecule has 1 aromatic carbocycles. The van der Waals surface area contributed by atoms with E-state index >= 15 is 0 Å². The van der Waals surface area contributed by atoms with Crippen molar-refractivity contribution in [1.82, 2.24) is 0 Å². The van der Waals surface area contributed by atoms with E-state index in [1.165, 1.54) is 0 Å². The molecule has 0 spiro atoms. The van der Waals surface area contributed by atoms with Gasteiger partial charge >= 0.3 is 0 Å². The van der Waals surface area contributed by atoms with Gasteiger partial charge in [-0.3, -0.25) is 0 Å². The second-order valence-electron chi connectivity index (χ2n) is 4.75. The molecule has 1 heteroatoms. The molecule has 0 bridgehead atoms. The predicted octanol–water partition coefficient (Wildman–Crippen LogP) is 3.59. The molecule has 15 heavy (non-hydrogen) atoms. The molecule has 0 aromatic heterocycles. The van der Waals surface area contributed by atoms with Crippen molar-refractivity contribution in [2.45, 2.75) is 20.8 Å². The van der Waals surface area contributed by atoms with Crippen molar-refractivity contribution in [3.8, 4) is 0 Å². The van der Waals surface area contributed by atoms with Crippen molar-refractivity contribution in [1.29, 1.82) is 0 Å². The first-order valence-corrected chi connectivity index (χ1v) is 5.19. The average molecular weight is 201 g/mol. The summed E-state index contributed by atoms with van der Waals surface area (Å²) in [7, 11) is 0. The van der Waals surface area contributed by atoms with E-state index in [1.54, 1.807) is 0 Å². The third kappa shape index (κ3) is 5.06. The SMILES string of the molecule is CC(C)(C)/C=C/C(N)=C\c1ccccc1. The molecule has 0 aliphatic rings. The molecule has 80 valence electrons. The smallest absolute Gasteiger partial charge is 0.0316 e. The number of hydrogen-bond acceptors (Lipinski definition) is 1. The summed E-state index contributed by atoms with van der Waals surface area (Å²) in [5.41, 5.74) is 7.98. The molecule has 0 fully saturated rings. The van der Waals surface area contributed by atoms with Crippen molar-refractivity contribution < 1.29 is 0 Å². The van der Waals surface area contributed by atoms with Crippen LogP contribution in [0.3, 0.4) is 0 Å². The number of benzene rings is 1. The Morgan fingerprint density at radius 3 is 2.27 bits per heavy atom. The highest BCUT2D eigenvalue weighted by atomic mass is 14.6. The molecule has 1 aromatic rings. The molecule has 0 aliphatic carbocycles. The van der Waals surface area contributed by atoms with Gasteiger partial charge in [0.25, 0.3) is 0 Å². The second kappa shape index (κ2) is 4.83. The van der Waals surface area contributed by atoms with E-state index in [2.05, 4.69) is 26.8 Å². The first-order chi connectivity index (χ1) is 6.97. The van der Waals surface area contributed by atoms with Crippen molar-refractivity contribution in [2.24, 2.45) is 11.1 Å². The molecule has 0 saturated heterocycles. The van der Waals surface area contributed by atoms with Crippen LogP contribution in [0.4, 0.5) is 0 Å². The second-order valence-corrected chi connectivity index (χ2v) is 4.75. The normalized spacial score (nSPS) is 13.4. The quantitative estimate of drug-likeness (QED) is 0.727. The Kier molecular flexibility index (Phi) is 3.73. The van der Waals surface area contributed by atoms with Crippen LogP contribution in [0.2, 0.25) is 0 Å². The van der Waals surface area contributed by atoms with Gasteiger partial charge in [-0.05, 0) is 23.1 Å². The van der Waals surface area contributed by atoms with Crippen molar-refractivity contribution >= 4 is 6.08 Å². The maximum atomic E-state index is 5.89. The fourth-order valence-corrected chi connectivity index (χ4v) is 1.14.